The van der Waals surface area contributed by atoms with Crippen LogP contribution in [0.2, 0.25) is 0 Å². The Morgan fingerprint density at radius 2 is 2.00 bits per heavy atom. The summed E-state index contributed by atoms with van der Waals surface area (Å²) in [5.41, 5.74) is 0. The lowest BCUT2D eigenvalue weighted by Crippen LogP contribution is -2.45. The van der Waals surface area contributed by atoms with E-state index in [-0.39, 0.29) is 0 Å². The molecule has 5 heteroatoms. The average molecular weight is 207 g/mol. The normalized spacial score (nSPS) is 17.6. The molecule has 0 bridgehead atoms. The van der Waals surface area contributed by atoms with E-state index in [2.05, 4.69) is 25.5 Å². The summed E-state index contributed by atoms with van der Waals surface area (Å²) in [6, 6.07) is 1.82. The van der Waals surface area contributed by atoms with Crippen molar-refractivity contribution in [2.45, 2.75) is 0 Å². The maximum absolute atomic E-state index is 4.11. The molecule has 2 N–H and O–H groups in total. The molecule has 0 radical (unpaired) electrons. The van der Waals surface area contributed by atoms with Crippen LogP contribution in [0.4, 0.5) is 5.95 Å². The van der Waals surface area contributed by atoms with Crippen LogP contribution in [-0.2, 0) is 0 Å². The number of hydrogen-bond acceptors (Lipinski definition) is 5. The second-order valence-electron chi connectivity index (χ2n) is 3.59. The van der Waals surface area contributed by atoms with Gasteiger partial charge in [-0.25, -0.2) is 9.97 Å². The Bertz CT molecular complexity index is 270. The molecule has 0 unspecified atom stereocenters. The van der Waals surface area contributed by atoms with E-state index in [0.29, 0.717) is 5.95 Å². The zero-order valence-corrected chi connectivity index (χ0v) is 8.82. The van der Waals surface area contributed by atoms with Gasteiger partial charge in [-0.2, -0.15) is 0 Å². The van der Waals surface area contributed by atoms with Crippen molar-refractivity contribution < 1.29 is 0 Å². The van der Waals surface area contributed by atoms with Gasteiger partial charge >= 0.3 is 0 Å². The quantitative estimate of drug-likeness (QED) is 0.716. The molecule has 0 aliphatic carbocycles. The van der Waals surface area contributed by atoms with Crippen molar-refractivity contribution in [3.63, 3.8) is 0 Å². The first-order valence-electron chi connectivity index (χ1n) is 5.39. The maximum Gasteiger partial charge on any atom is 0.222 e. The number of nitrogens with one attached hydrogen (secondary N) is 2. The van der Waals surface area contributed by atoms with Gasteiger partial charge in [0.15, 0.2) is 0 Å². The van der Waals surface area contributed by atoms with Gasteiger partial charge in [-0.15, -0.1) is 0 Å². The SMILES string of the molecule is c1cnc(NCCN2CCNCC2)nc1. The summed E-state index contributed by atoms with van der Waals surface area (Å²) in [5.74, 6) is 0.715. The largest absolute Gasteiger partial charge is 0.353 e. The standard InChI is InChI=1S/C10H17N5/c1-2-12-10(13-3-1)14-6-9-15-7-4-11-5-8-15/h1-3,11H,4-9H2,(H,12,13,14). The molecule has 1 aliphatic rings. The molecule has 5 nitrogen and oxygen atoms in total. The summed E-state index contributed by atoms with van der Waals surface area (Å²) in [6.45, 7) is 6.43. The van der Waals surface area contributed by atoms with Crippen LogP contribution in [0.5, 0.6) is 0 Å². The Morgan fingerprint density at radius 1 is 1.27 bits per heavy atom. The fourth-order valence-corrected chi connectivity index (χ4v) is 1.65. The minimum absolute atomic E-state index is 0.715. The van der Waals surface area contributed by atoms with E-state index >= 15 is 0 Å². The first-order chi connectivity index (χ1) is 7.45. The molecule has 0 saturated carbocycles. The fourth-order valence-electron chi connectivity index (χ4n) is 1.65. The first-order valence-corrected chi connectivity index (χ1v) is 5.39. The van der Waals surface area contributed by atoms with Crippen LogP contribution in [0, 0.1) is 0 Å². The Labute approximate surface area is 89.9 Å². The minimum atomic E-state index is 0.715. The number of hydrogen-bond donors (Lipinski definition) is 2. The molecule has 2 rings (SSSR count). The number of anilines is 1. The van der Waals surface area contributed by atoms with Gasteiger partial charge in [-0.05, 0) is 6.07 Å². The molecular weight excluding hydrogens is 190 g/mol. The lowest BCUT2D eigenvalue weighted by molar-refractivity contribution is 0.249. The van der Waals surface area contributed by atoms with E-state index in [9.17, 15) is 0 Å². The van der Waals surface area contributed by atoms with Gasteiger partial charge in [0.25, 0.3) is 0 Å². The van der Waals surface area contributed by atoms with E-state index < -0.39 is 0 Å². The van der Waals surface area contributed by atoms with Gasteiger partial charge < -0.3 is 10.6 Å². The zero-order chi connectivity index (χ0) is 10.3. The highest BCUT2D eigenvalue weighted by Crippen LogP contribution is 1.95. The first kappa shape index (κ1) is 10.3. The third-order valence-corrected chi connectivity index (χ3v) is 2.49. The van der Waals surface area contributed by atoms with E-state index in [1.165, 1.54) is 0 Å². The molecule has 0 atom stereocenters. The molecular formula is C10H17N5. The van der Waals surface area contributed by atoms with Crippen LogP contribution in [0.3, 0.4) is 0 Å². The highest BCUT2D eigenvalue weighted by Gasteiger charge is 2.08. The van der Waals surface area contributed by atoms with Gasteiger partial charge in [0, 0.05) is 51.7 Å². The van der Waals surface area contributed by atoms with Gasteiger partial charge in [0.1, 0.15) is 0 Å². The summed E-state index contributed by atoms with van der Waals surface area (Å²) in [5, 5.41) is 6.54. The third kappa shape index (κ3) is 3.45. The zero-order valence-electron chi connectivity index (χ0n) is 8.82. The third-order valence-electron chi connectivity index (χ3n) is 2.49. The van der Waals surface area contributed by atoms with Gasteiger partial charge in [0.2, 0.25) is 5.95 Å². The summed E-state index contributed by atoms with van der Waals surface area (Å²) >= 11 is 0. The summed E-state index contributed by atoms with van der Waals surface area (Å²) in [4.78, 5) is 10.7. The van der Waals surface area contributed by atoms with Crippen molar-refractivity contribution in [1.29, 1.82) is 0 Å². The van der Waals surface area contributed by atoms with Crippen molar-refractivity contribution in [2.24, 2.45) is 0 Å². The van der Waals surface area contributed by atoms with E-state index in [1.807, 2.05) is 6.07 Å². The Balaban J connectivity index is 1.66. The molecule has 0 aromatic carbocycles. The smallest absolute Gasteiger partial charge is 0.222 e. The highest BCUT2D eigenvalue weighted by atomic mass is 15.2. The summed E-state index contributed by atoms with van der Waals surface area (Å²) in [7, 11) is 0. The second kappa shape index (κ2) is 5.63. The molecule has 2 heterocycles. The van der Waals surface area contributed by atoms with Crippen LogP contribution in [-0.4, -0.2) is 54.1 Å². The molecule has 0 amide bonds. The Hall–Kier alpha value is -1.20. The number of rotatable bonds is 4. The monoisotopic (exact) mass is 207 g/mol. The van der Waals surface area contributed by atoms with E-state index in [4.69, 9.17) is 0 Å². The van der Waals surface area contributed by atoms with Crippen molar-refractivity contribution >= 4 is 5.95 Å². The Morgan fingerprint density at radius 3 is 2.73 bits per heavy atom. The van der Waals surface area contributed by atoms with Crippen LogP contribution in [0.25, 0.3) is 0 Å². The van der Waals surface area contributed by atoms with Crippen molar-refractivity contribution in [3.8, 4) is 0 Å². The van der Waals surface area contributed by atoms with Crippen molar-refractivity contribution in [2.75, 3.05) is 44.6 Å². The molecule has 15 heavy (non-hydrogen) atoms. The second-order valence-corrected chi connectivity index (χ2v) is 3.59. The lowest BCUT2D eigenvalue weighted by atomic mass is 10.3. The molecule has 1 aromatic heterocycles. The van der Waals surface area contributed by atoms with E-state index in [0.717, 1.165) is 39.3 Å². The van der Waals surface area contributed by atoms with Crippen molar-refractivity contribution in [3.05, 3.63) is 18.5 Å². The fraction of sp³-hybridized carbons (Fsp3) is 0.600. The van der Waals surface area contributed by atoms with Crippen molar-refractivity contribution in [1.82, 2.24) is 20.2 Å². The number of piperazine rings is 1. The molecule has 1 saturated heterocycles. The predicted molar refractivity (Wildman–Crippen MR) is 59.8 cm³/mol. The summed E-state index contributed by atoms with van der Waals surface area (Å²) < 4.78 is 0. The van der Waals surface area contributed by atoms with Crippen LogP contribution >= 0.6 is 0 Å². The van der Waals surface area contributed by atoms with Crippen LogP contribution in [0.15, 0.2) is 18.5 Å². The van der Waals surface area contributed by atoms with Crippen LogP contribution in [0.1, 0.15) is 0 Å². The Kier molecular flexibility index (Phi) is 3.87. The van der Waals surface area contributed by atoms with Gasteiger partial charge in [-0.3, -0.25) is 4.90 Å². The van der Waals surface area contributed by atoms with Gasteiger partial charge in [0.05, 0.1) is 0 Å². The minimum Gasteiger partial charge on any atom is -0.353 e. The molecule has 0 spiro atoms. The molecule has 1 aliphatic heterocycles. The topological polar surface area (TPSA) is 53.1 Å². The highest BCUT2D eigenvalue weighted by molar-refractivity contribution is 5.21. The van der Waals surface area contributed by atoms with Crippen LogP contribution < -0.4 is 10.6 Å². The average Bonchev–Trinajstić information content (AvgIpc) is 2.32. The van der Waals surface area contributed by atoms with Gasteiger partial charge in [-0.1, -0.05) is 0 Å². The number of nitrogens with zero attached hydrogens (tertiary/aromatic N) is 3. The maximum atomic E-state index is 4.11. The van der Waals surface area contributed by atoms with E-state index in [1.54, 1.807) is 12.4 Å². The lowest BCUT2D eigenvalue weighted by Gasteiger charge is -2.27. The number of aromatic nitrogens is 2. The molecule has 82 valence electrons. The molecule has 1 aromatic rings. The molecule has 1 fully saturated rings. The summed E-state index contributed by atoms with van der Waals surface area (Å²) in [6.07, 6.45) is 3.50. The predicted octanol–water partition coefficient (Wildman–Crippen LogP) is -0.206.